The summed E-state index contributed by atoms with van der Waals surface area (Å²) in [6.45, 7) is 2.06. The van der Waals surface area contributed by atoms with E-state index in [1.807, 2.05) is 24.3 Å². The van der Waals surface area contributed by atoms with Crippen LogP contribution in [-0.4, -0.2) is 0 Å². The summed E-state index contributed by atoms with van der Waals surface area (Å²) in [6, 6.07) is 7.85. The summed E-state index contributed by atoms with van der Waals surface area (Å²) in [4.78, 5) is 0. The van der Waals surface area contributed by atoms with Crippen LogP contribution >= 0.6 is 0 Å². The van der Waals surface area contributed by atoms with Gasteiger partial charge in [0.05, 0.1) is 0 Å². The van der Waals surface area contributed by atoms with Gasteiger partial charge in [-0.2, -0.15) is 0 Å². The summed E-state index contributed by atoms with van der Waals surface area (Å²) in [5.41, 5.74) is 13.3. The fraction of sp³-hybridized carbons (Fsp3) is 0.333. The van der Waals surface area contributed by atoms with Gasteiger partial charge in [-0.3, -0.25) is 0 Å². The fourth-order valence-corrected chi connectivity index (χ4v) is 1.03. The fourth-order valence-electron chi connectivity index (χ4n) is 1.03. The van der Waals surface area contributed by atoms with Crippen LogP contribution in [0.1, 0.15) is 24.9 Å². The Hall–Kier alpha value is -1.02. The lowest BCUT2D eigenvalue weighted by molar-refractivity contribution is 0.699. The maximum absolute atomic E-state index is 5.81. The topological polar surface area (TPSA) is 52.0 Å². The Morgan fingerprint density at radius 2 is 2.18 bits per heavy atom. The highest BCUT2D eigenvalue weighted by molar-refractivity contribution is 5.41. The van der Waals surface area contributed by atoms with Crippen LogP contribution in [-0.2, 0) is 0 Å². The van der Waals surface area contributed by atoms with Gasteiger partial charge in [-0.15, -0.1) is 0 Å². The number of rotatable bonds is 2. The summed E-state index contributed by atoms with van der Waals surface area (Å²) >= 11 is 0. The number of anilines is 1. The highest BCUT2D eigenvalue weighted by atomic mass is 14.6. The van der Waals surface area contributed by atoms with E-state index in [2.05, 4.69) is 6.92 Å². The molecule has 0 aliphatic carbocycles. The van der Waals surface area contributed by atoms with Gasteiger partial charge in [0.25, 0.3) is 0 Å². The second kappa shape index (κ2) is 3.39. The molecule has 0 saturated carbocycles. The maximum Gasteiger partial charge on any atom is 0.0317 e. The van der Waals surface area contributed by atoms with Crippen molar-refractivity contribution >= 4 is 5.69 Å². The molecule has 0 spiro atoms. The molecule has 0 aliphatic heterocycles. The lowest BCUT2D eigenvalue weighted by Crippen LogP contribution is -2.08. The first-order valence-electron chi connectivity index (χ1n) is 3.85. The average Bonchev–Trinajstić information content (AvgIpc) is 2.03. The average molecular weight is 150 g/mol. The van der Waals surface area contributed by atoms with Crippen molar-refractivity contribution in [1.29, 1.82) is 0 Å². The zero-order valence-corrected chi connectivity index (χ0v) is 6.75. The number of hydrogen-bond donors (Lipinski definition) is 2. The molecule has 60 valence electrons. The van der Waals surface area contributed by atoms with E-state index in [1.54, 1.807) is 0 Å². The van der Waals surface area contributed by atoms with Gasteiger partial charge in [0.1, 0.15) is 0 Å². The van der Waals surface area contributed by atoms with E-state index in [4.69, 9.17) is 11.5 Å². The van der Waals surface area contributed by atoms with Crippen molar-refractivity contribution in [1.82, 2.24) is 0 Å². The van der Waals surface area contributed by atoms with Gasteiger partial charge in [-0.1, -0.05) is 19.1 Å². The molecule has 11 heavy (non-hydrogen) atoms. The molecule has 0 aromatic heterocycles. The van der Waals surface area contributed by atoms with Gasteiger partial charge in [-0.25, -0.2) is 0 Å². The number of benzene rings is 1. The first kappa shape index (κ1) is 8.08. The highest BCUT2D eigenvalue weighted by Gasteiger charge is 2.01. The molecular weight excluding hydrogens is 136 g/mol. The zero-order chi connectivity index (χ0) is 8.27. The van der Waals surface area contributed by atoms with Crippen LogP contribution in [0.5, 0.6) is 0 Å². The molecule has 0 unspecified atom stereocenters. The van der Waals surface area contributed by atoms with E-state index >= 15 is 0 Å². The van der Waals surface area contributed by atoms with E-state index in [0.717, 1.165) is 17.7 Å². The predicted octanol–water partition coefficient (Wildman–Crippen LogP) is 1.68. The molecular formula is C9H14N2. The second-order valence-corrected chi connectivity index (χ2v) is 2.68. The SMILES string of the molecule is CC[C@@H](N)c1cccc(N)c1. The Balaban J connectivity index is 2.86. The van der Waals surface area contributed by atoms with Crippen molar-refractivity contribution in [3.8, 4) is 0 Å². The third-order valence-corrected chi connectivity index (χ3v) is 1.78. The minimum absolute atomic E-state index is 0.124. The Labute approximate surface area is 67.2 Å². The van der Waals surface area contributed by atoms with Crippen molar-refractivity contribution in [3.63, 3.8) is 0 Å². The monoisotopic (exact) mass is 150 g/mol. The zero-order valence-electron chi connectivity index (χ0n) is 6.75. The van der Waals surface area contributed by atoms with Crippen LogP contribution in [0, 0.1) is 0 Å². The van der Waals surface area contributed by atoms with Crippen molar-refractivity contribution in [2.45, 2.75) is 19.4 Å². The summed E-state index contributed by atoms with van der Waals surface area (Å²) in [7, 11) is 0. The predicted molar refractivity (Wildman–Crippen MR) is 48.1 cm³/mol. The smallest absolute Gasteiger partial charge is 0.0317 e. The molecule has 0 heterocycles. The second-order valence-electron chi connectivity index (χ2n) is 2.68. The quantitative estimate of drug-likeness (QED) is 0.630. The third-order valence-electron chi connectivity index (χ3n) is 1.78. The number of nitrogen functional groups attached to an aromatic ring is 1. The van der Waals surface area contributed by atoms with Gasteiger partial charge < -0.3 is 11.5 Å². The summed E-state index contributed by atoms with van der Waals surface area (Å²) in [6.07, 6.45) is 0.948. The van der Waals surface area contributed by atoms with E-state index in [-0.39, 0.29) is 6.04 Å². The molecule has 0 fully saturated rings. The van der Waals surface area contributed by atoms with E-state index in [9.17, 15) is 0 Å². The Morgan fingerprint density at radius 3 is 2.73 bits per heavy atom. The molecule has 2 heteroatoms. The molecule has 4 N–H and O–H groups in total. The number of hydrogen-bond acceptors (Lipinski definition) is 2. The minimum atomic E-state index is 0.124. The summed E-state index contributed by atoms with van der Waals surface area (Å²) < 4.78 is 0. The normalized spacial score (nSPS) is 12.9. The van der Waals surface area contributed by atoms with Crippen LogP contribution in [0.3, 0.4) is 0 Å². The molecule has 0 aliphatic rings. The standard InChI is InChI=1S/C9H14N2/c1-2-9(11)7-4-3-5-8(10)6-7/h3-6,9H,2,10-11H2,1H3/t9-/m1/s1. The maximum atomic E-state index is 5.81. The minimum Gasteiger partial charge on any atom is -0.399 e. The van der Waals surface area contributed by atoms with Crippen LogP contribution in [0.25, 0.3) is 0 Å². The van der Waals surface area contributed by atoms with Crippen LogP contribution in [0.2, 0.25) is 0 Å². The van der Waals surface area contributed by atoms with Crippen LogP contribution in [0.4, 0.5) is 5.69 Å². The third kappa shape index (κ3) is 1.95. The van der Waals surface area contributed by atoms with Gasteiger partial charge in [0, 0.05) is 11.7 Å². The van der Waals surface area contributed by atoms with E-state index in [1.165, 1.54) is 0 Å². The summed E-state index contributed by atoms with van der Waals surface area (Å²) in [5, 5.41) is 0. The highest BCUT2D eigenvalue weighted by Crippen LogP contribution is 2.15. The molecule has 1 rings (SSSR count). The molecule has 0 bridgehead atoms. The number of nitrogens with two attached hydrogens (primary N) is 2. The van der Waals surface area contributed by atoms with Gasteiger partial charge >= 0.3 is 0 Å². The van der Waals surface area contributed by atoms with Crippen LogP contribution in [0.15, 0.2) is 24.3 Å². The molecule has 1 aromatic rings. The van der Waals surface area contributed by atoms with Gasteiger partial charge in [-0.05, 0) is 24.1 Å². The van der Waals surface area contributed by atoms with Crippen molar-refractivity contribution in [3.05, 3.63) is 29.8 Å². The molecule has 1 aromatic carbocycles. The van der Waals surface area contributed by atoms with Crippen LogP contribution < -0.4 is 11.5 Å². The van der Waals surface area contributed by atoms with Gasteiger partial charge in [0.2, 0.25) is 0 Å². The largest absolute Gasteiger partial charge is 0.399 e. The van der Waals surface area contributed by atoms with Crippen molar-refractivity contribution in [2.24, 2.45) is 5.73 Å². The lowest BCUT2D eigenvalue weighted by atomic mass is 10.1. The Bertz CT molecular complexity index is 233. The summed E-state index contributed by atoms with van der Waals surface area (Å²) in [5.74, 6) is 0. The van der Waals surface area contributed by atoms with Gasteiger partial charge in [0.15, 0.2) is 0 Å². The Morgan fingerprint density at radius 1 is 1.45 bits per heavy atom. The van der Waals surface area contributed by atoms with E-state index < -0.39 is 0 Å². The molecule has 2 nitrogen and oxygen atoms in total. The first-order chi connectivity index (χ1) is 5.24. The molecule has 1 atom stereocenters. The van der Waals surface area contributed by atoms with Crippen molar-refractivity contribution in [2.75, 3.05) is 5.73 Å². The molecule has 0 amide bonds. The lowest BCUT2D eigenvalue weighted by Gasteiger charge is -2.08. The molecule has 0 radical (unpaired) electrons. The Kier molecular flexibility index (Phi) is 2.49. The molecule has 0 saturated heterocycles. The van der Waals surface area contributed by atoms with Crippen molar-refractivity contribution < 1.29 is 0 Å². The first-order valence-corrected chi connectivity index (χ1v) is 3.85. The van der Waals surface area contributed by atoms with E-state index in [0.29, 0.717) is 0 Å².